The van der Waals surface area contributed by atoms with E-state index in [2.05, 4.69) is 24.3 Å². The van der Waals surface area contributed by atoms with Crippen LogP contribution in [0.3, 0.4) is 0 Å². The highest BCUT2D eigenvalue weighted by Gasteiger charge is 2.25. The van der Waals surface area contributed by atoms with Crippen molar-refractivity contribution in [3.63, 3.8) is 0 Å². The molecule has 0 saturated heterocycles. The van der Waals surface area contributed by atoms with E-state index in [-0.39, 0.29) is 6.29 Å². The first-order chi connectivity index (χ1) is 9.81. The molecule has 1 saturated carbocycles. The molecule has 1 fully saturated rings. The van der Waals surface area contributed by atoms with Crippen LogP contribution in [0.15, 0.2) is 30.3 Å². The maximum atomic E-state index is 6.07. The largest absolute Gasteiger partial charge is 0.374 e. The maximum Gasteiger partial charge on any atom is 0.157 e. The summed E-state index contributed by atoms with van der Waals surface area (Å²) in [4.78, 5) is 0. The Balaban J connectivity index is 1.75. The highest BCUT2D eigenvalue weighted by atomic mass is 16.7. The maximum absolute atomic E-state index is 6.07. The topological polar surface area (TPSA) is 27.7 Å². The van der Waals surface area contributed by atoms with Gasteiger partial charge in [0.2, 0.25) is 0 Å². The summed E-state index contributed by atoms with van der Waals surface area (Å²) in [5, 5.41) is 0. The van der Waals surface area contributed by atoms with Crippen LogP contribution in [0, 0.1) is 5.92 Å². The zero-order valence-corrected chi connectivity index (χ0v) is 12.6. The van der Waals surface area contributed by atoms with E-state index >= 15 is 0 Å². The minimum absolute atomic E-state index is 0.0760. The van der Waals surface area contributed by atoms with E-state index in [0.717, 1.165) is 19.4 Å². The first-order valence-electron chi connectivity index (χ1n) is 7.53. The molecule has 2 rings (SSSR count). The highest BCUT2D eigenvalue weighted by molar-refractivity contribution is 5.13. The molecule has 0 bridgehead atoms. The van der Waals surface area contributed by atoms with Gasteiger partial charge in [-0.05, 0) is 24.3 Å². The van der Waals surface area contributed by atoms with Gasteiger partial charge in [0.05, 0.1) is 12.7 Å². The van der Waals surface area contributed by atoms with E-state index < -0.39 is 0 Å². The Kier molecular flexibility index (Phi) is 6.51. The van der Waals surface area contributed by atoms with Crippen LogP contribution in [0.4, 0.5) is 0 Å². The summed E-state index contributed by atoms with van der Waals surface area (Å²) in [5.41, 5.74) is 1.25. The Morgan fingerprint density at radius 1 is 1.10 bits per heavy atom. The van der Waals surface area contributed by atoms with Crippen molar-refractivity contribution in [1.29, 1.82) is 0 Å². The van der Waals surface area contributed by atoms with Gasteiger partial charge in [-0.15, -0.1) is 0 Å². The Labute approximate surface area is 122 Å². The van der Waals surface area contributed by atoms with Gasteiger partial charge in [0.25, 0.3) is 0 Å². The summed E-state index contributed by atoms with van der Waals surface area (Å²) in [7, 11) is 3.42. The second-order valence-corrected chi connectivity index (χ2v) is 5.59. The molecule has 0 heterocycles. The predicted octanol–water partition coefficient (Wildman–Crippen LogP) is 3.77. The van der Waals surface area contributed by atoms with Crippen LogP contribution >= 0.6 is 0 Å². The van der Waals surface area contributed by atoms with E-state index in [1.54, 1.807) is 14.2 Å². The van der Waals surface area contributed by atoms with E-state index in [4.69, 9.17) is 14.2 Å². The highest BCUT2D eigenvalue weighted by Crippen LogP contribution is 2.30. The van der Waals surface area contributed by atoms with Crippen LogP contribution in [0.25, 0.3) is 0 Å². The van der Waals surface area contributed by atoms with Crippen molar-refractivity contribution in [2.75, 3.05) is 14.2 Å². The van der Waals surface area contributed by atoms with E-state index in [1.807, 2.05) is 6.07 Å². The number of hydrogen-bond acceptors (Lipinski definition) is 3. The van der Waals surface area contributed by atoms with Crippen LogP contribution in [0.2, 0.25) is 0 Å². The van der Waals surface area contributed by atoms with Crippen molar-refractivity contribution in [2.45, 2.75) is 51.1 Å². The van der Waals surface area contributed by atoms with Gasteiger partial charge in [-0.25, -0.2) is 0 Å². The standard InChI is InChI=1S/C17H26O3/c1-18-17(19-2)12-15-9-6-10-16(11-15)20-13-14-7-4-3-5-8-14/h3-5,7-8,15-17H,6,9-13H2,1-2H3/t15-,16+/m0/s1. The van der Waals surface area contributed by atoms with Gasteiger partial charge in [-0.3, -0.25) is 0 Å². The molecule has 3 heteroatoms. The van der Waals surface area contributed by atoms with E-state index in [9.17, 15) is 0 Å². The minimum atomic E-state index is -0.0760. The number of ether oxygens (including phenoxy) is 3. The lowest BCUT2D eigenvalue weighted by atomic mass is 9.85. The van der Waals surface area contributed by atoms with Crippen molar-refractivity contribution < 1.29 is 14.2 Å². The molecule has 0 spiro atoms. The molecular formula is C17H26O3. The fraction of sp³-hybridized carbons (Fsp3) is 0.647. The predicted molar refractivity (Wildman–Crippen MR) is 79.4 cm³/mol. The molecular weight excluding hydrogens is 252 g/mol. The molecule has 0 amide bonds. The van der Waals surface area contributed by atoms with Crippen molar-refractivity contribution >= 4 is 0 Å². The second kappa shape index (κ2) is 8.40. The third-order valence-electron chi connectivity index (χ3n) is 4.11. The van der Waals surface area contributed by atoms with Gasteiger partial charge in [0, 0.05) is 20.6 Å². The van der Waals surface area contributed by atoms with Crippen molar-refractivity contribution in [3.05, 3.63) is 35.9 Å². The molecule has 0 aromatic heterocycles. The molecule has 0 aliphatic heterocycles. The monoisotopic (exact) mass is 278 g/mol. The molecule has 2 atom stereocenters. The van der Waals surface area contributed by atoms with Gasteiger partial charge in [-0.1, -0.05) is 43.2 Å². The fourth-order valence-corrected chi connectivity index (χ4v) is 2.96. The quantitative estimate of drug-likeness (QED) is 0.711. The van der Waals surface area contributed by atoms with E-state index in [1.165, 1.54) is 24.8 Å². The average Bonchev–Trinajstić information content (AvgIpc) is 2.52. The Hall–Kier alpha value is -0.900. The van der Waals surface area contributed by atoms with Gasteiger partial charge in [0.15, 0.2) is 6.29 Å². The summed E-state index contributed by atoms with van der Waals surface area (Å²) in [6.45, 7) is 0.718. The summed E-state index contributed by atoms with van der Waals surface area (Å²) in [5.74, 6) is 0.648. The van der Waals surface area contributed by atoms with Crippen LogP contribution in [0.5, 0.6) is 0 Å². The zero-order valence-electron chi connectivity index (χ0n) is 12.6. The Bertz CT molecular complexity index is 362. The van der Waals surface area contributed by atoms with Gasteiger partial charge in [0.1, 0.15) is 0 Å². The molecule has 3 nitrogen and oxygen atoms in total. The lowest BCUT2D eigenvalue weighted by Gasteiger charge is -2.30. The molecule has 1 aromatic carbocycles. The van der Waals surface area contributed by atoms with Gasteiger partial charge in [-0.2, -0.15) is 0 Å². The third kappa shape index (κ3) is 4.89. The molecule has 112 valence electrons. The molecule has 1 aromatic rings. The number of benzene rings is 1. The summed E-state index contributed by atoms with van der Waals surface area (Å²) < 4.78 is 16.7. The molecule has 0 radical (unpaired) electrons. The van der Waals surface area contributed by atoms with Gasteiger partial charge < -0.3 is 14.2 Å². The normalized spacial score (nSPS) is 23.1. The first-order valence-corrected chi connectivity index (χ1v) is 7.53. The van der Waals surface area contributed by atoms with Crippen molar-refractivity contribution in [3.8, 4) is 0 Å². The molecule has 1 aliphatic carbocycles. The first kappa shape index (κ1) is 15.5. The number of hydrogen-bond donors (Lipinski definition) is 0. The summed E-state index contributed by atoms with van der Waals surface area (Å²) >= 11 is 0. The molecule has 0 N–H and O–H groups in total. The lowest BCUT2D eigenvalue weighted by molar-refractivity contribution is -0.120. The van der Waals surface area contributed by atoms with Crippen LogP contribution < -0.4 is 0 Å². The number of methoxy groups -OCH3 is 2. The third-order valence-corrected chi connectivity index (χ3v) is 4.11. The Morgan fingerprint density at radius 3 is 2.55 bits per heavy atom. The number of rotatable bonds is 7. The molecule has 0 unspecified atom stereocenters. The van der Waals surface area contributed by atoms with Crippen LogP contribution in [0.1, 0.15) is 37.7 Å². The lowest BCUT2D eigenvalue weighted by Crippen LogP contribution is -2.27. The minimum Gasteiger partial charge on any atom is -0.374 e. The average molecular weight is 278 g/mol. The van der Waals surface area contributed by atoms with E-state index in [0.29, 0.717) is 12.0 Å². The molecule has 20 heavy (non-hydrogen) atoms. The zero-order chi connectivity index (χ0) is 14.2. The smallest absolute Gasteiger partial charge is 0.157 e. The summed E-state index contributed by atoms with van der Waals surface area (Å²) in [6.07, 6.45) is 6.07. The van der Waals surface area contributed by atoms with Crippen LogP contribution in [-0.2, 0) is 20.8 Å². The summed E-state index contributed by atoms with van der Waals surface area (Å²) in [6, 6.07) is 10.4. The van der Waals surface area contributed by atoms with Gasteiger partial charge >= 0.3 is 0 Å². The Morgan fingerprint density at radius 2 is 1.85 bits per heavy atom. The van der Waals surface area contributed by atoms with Crippen molar-refractivity contribution in [2.24, 2.45) is 5.92 Å². The SMILES string of the molecule is COC(C[C@H]1CCC[C@@H](OCc2ccccc2)C1)OC. The fourth-order valence-electron chi connectivity index (χ4n) is 2.96. The molecule has 1 aliphatic rings. The van der Waals surface area contributed by atoms with Crippen molar-refractivity contribution in [1.82, 2.24) is 0 Å². The second-order valence-electron chi connectivity index (χ2n) is 5.59. The van der Waals surface area contributed by atoms with Crippen LogP contribution in [-0.4, -0.2) is 26.6 Å².